The van der Waals surface area contributed by atoms with Gasteiger partial charge in [-0.1, -0.05) is 43.9 Å². The van der Waals surface area contributed by atoms with Crippen LogP contribution in [-0.2, 0) is 0 Å². The molecule has 36 heavy (non-hydrogen) atoms. The second-order valence-electron chi connectivity index (χ2n) is 9.74. The van der Waals surface area contributed by atoms with Gasteiger partial charge in [0.05, 0.1) is 22.5 Å². The largest absolute Gasteiger partial charge is 0.454 e. The third-order valence-electron chi connectivity index (χ3n) is 7.52. The maximum Gasteiger partial charge on any atom is 0.274 e. The predicted octanol–water partition coefficient (Wildman–Crippen LogP) is 5.32. The van der Waals surface area contributed by atoms with Gasteiger partial charge >= 0.3 is 0 Å². The molecule has 1 saturated carbocycles. The van der Waals surface area contributed by atoms with Crippen molar-refractivity contribution in [2.75, 3.05) is 0 Å². The van der Waals surface area contributed by atoms with Crippen molar-refractivity contribution in [1.29, 1.82) is 0 Å². The van der Waals surface area contributed by atoms with E-state index in [1.165, 1.54) is 25.0 Å². The third kappa shape index (κ3) is 3.10. The van der Waals surface area contributed by atoms with Crippen molar-refractivity contribution >= 4 is 44.0 Å². The van der Waals surface area contributed by atoms with Crippen LogP contribution in [0.25, 0.3) is 55.1 Å². The number of H-pyrrole nitrogens is 3. The minimum atomic E-state index is -0.311. The molecule has 4 aromatic heterocycles. The molecule has 0 amide bonds. The summed E-state index contributed by atoms with van der Waals surface area (Å²) in [5.74, 6) is 0. The van der Waals surface area contributed by atoms with E-state index in [4.69, 9.17) is 4.42 Å². The number of hydrogen-bond acceptors (Lipinski definition) is 4. The first-order valence-corrected chi connectivity index (χ1v) is 12.4. The number of pyridine rings is 2. The van der Waals surface area contributed by atoms with Crippen LogP contribution in [0.4, 0.5) is 0 Å². The number of benzene rings is 2. The van der Waals surface area contributed by atoms with Crippen LogP contribution in [0.3, 0.4) is 0 Å². The van der Waals surface area contributed by atoms with E-state index in [0.717, 1.165) is 36.5 Å². The molecule has 0 atom stereocenters. The lowest BCUT2D eigenvalue weighted by Crippen LogP contribution is -2.13. The number of aromatic nitrogens is 4. The lowest BCUT2D eigenvalue weighted by Gasteiger charge is -2.17. The van der Waals surface area contributed by atoms with Crippen LogP contribution in [0.2, 0.25) is 0 Å². The van der Waals surface area contributed by atoms with Gasteiger partial charge in [-0.3, -0.25) is 24.2 Å². The molecular formula is C28H24N4O4. The quantitative estimate of drug-likeness (QED) is 0.291. The zero-order valence-corrected chi connectivity index (χ0v) is 19.5. The van der Waals surface area contributed by atoms with Crippen LogP contribution in [0.15, 0.2) is 67.3 Å². The third-order valence-corrected chi connectivity index (χ3v) is 7.52. The lowest BCUT2D eigenvalue weighted by molar-refractivity contribution is 0.413. The van der Waals surface area contributed by atoms with Gasteiger partial charge in [0.1, 0.15) is 11.2 Å². The molecule has 1 fully saturated rings. The Kier molecular flexibility index (Phi) is 4.57. The summed E-state index contributed by atoms with van der Waals surface area (Å²) in [4.78, 5) is 45.4. The monoisotopic (exact) mass is 480 g/mol. The van der Waals surface area contributed by atoms with Crippen molar-refractivity contribution in [3.05, 3.63) is 79.5 Å². The highest BCUT2D eigenvalue weighted by Crippen LogP contribution is 2.38. The topological polar surface area (TPSA) is 117 Å². The van der Waals surface area contributed by atoms with Gasteiger partial charge in [-0.15, -0.1) is 0 Å². The Hall–Kier alpha value is -4.33. The van der Waals surface area contributed by atoms with Crippen molar-refractivity contribution in [1.82, 2.24) is 19.7 Å². The molecule has 4 heterocycles. The summed E-state index contributed by atoms with van der Waals surface area (Å²) in [5, 5.41) is 5.02. The summed E-state index contributed by atoms with van der Waals surface area (Å²) >= 11 is 0. The molecule has 0 unspecified atom stereocenters. The molecule has 7 rings (SSSR count). The minimum Gasteiger partial charge on any atom is -0.454 e. The van der Waals surface area contributed by atoms with Crippen LogP contribution in [0.5, 0.6) is 0 Å². The second kappa shape index (κ2) is 7.84. The number of fused-ring (bicyclic) bond motifs is 5. The Bertz CT molecular complexity index is 1980. The summed E-state index contributed by atoms with van der Waals surface area (Å²) in [6.45, 7) is 0. The molecule has 0 radical (unpaired) electrons. The highest BCUT2D eigenvalue weighted by atomic mass is 16.3. The Morgan fingerprint density at radius 2 is 1.67 bits per heavy atom. The number of aromatic amines is 3. The van der Waals surface area contributed by atoms with Gasteiger partial charge in [0.15, 0.2) is 11.0 Å². The zero-order valence-electron chi connectivity index (χ0n) is 19.5. The van der Waals surface area contributed by atoms with Crippen LogP contribution < -0.4 is 16.5 Å². The van der Waals surface area contributed by atoms with E-state index >= 15 is 0 Å². The predicted molar refractivity (Wildman–Crippen MR) is 141 cm³/mol. The Balaban J connectivity index is 1.64. The molecule has 0 saturated heterocycles. The van der Waals surface area contributed by atoms with Crippen molar-refractivity contribution in [3.8, 4) is 11.1 Å². The Labute approximate surface area is 203 Å². The summed E-state index contributed by atoms with van der Waals surface area (Å²) < 4.78 is 8.12. The van der Waals surface area contributed by atoms with Crippen LogP contribution in [-0.4, -0.2) is 19.7 Å². The molecule has 8 nitrogen and oxygen atoms in total. The van der Waals surface area contributed by atoms with Gasteiger partial charge < -0.3 is 14.4 Å². The summed E-state index contributed by atoms with van der Waals surface area (Å²) in [6, 6.07) is 14.1. The Morgan fingerprint density at radius 3 is 2.50 bits per heavy atom. The zero-order chi connectivity index (χ0) is 24.4. The van der Waals surface area contributed by atoms with Crippen molar-refractivity contribution in [2.45, 2.75) is 44.6 Å². The molecule has 6 aromatic rings. The van der Waals surface area contributed by atoms with E-state index in [-0.39, 0.29) is 22.6 Å². The van der Waals surface area contributed by atoms with Gasteiger partial charge in [-0.2, -0.15) is 0 Å². The normalized spacial score (nSPS) is 15.3. The number of hydrogen-bond donors (Lipinski definition) is 3. The van der Waals surface area contributed by atoms with E-state index in [1.54, 1.807) is 12.1 Å². The minimum absolute atomic E-state index is 0.153. The molecule has 0 bridgehead atoms. The van der Waals surface area contributed by atoms with Crippen molar-refractivity contribution in [3.63, 3.8) is 0 Å². The van der Waals surface area contributed by atoms with Gasteiger partial charge in [0, 0.05) is 22.5 Å². The lowest BCUT2D eigenvalue weighted by atomic mass is 10.0. The first-order chi connectivity index (χ1) is 17.6. The van der Waals surface area contributed by atoms with E-state index in [1.807, 2.05) is 28.9 Å². The number of rotatable bonds is 2. The first kappa shape index (κ1) is 21.0. The Morgan fingerprint density at radius 1 is 0.861 bits per heavy atom. The number of nitrogens with one attached hydrogen (secondary N) is 3. The van der Waals surface area contributed by atoms with E-state index < -0.39 is 0 Å². The molecular weight excluding hydrogens is 456 g/mol. The maximum absolute atomic E-state index is 13.5. The summed E-state index contributed by atoms with van der Waals surface area (Å²) in [5.41, 5.74) is 2.83. The van der Waals surface area contributed by atoms with Gasteiger partial charge in [-0.25, -0.2) is 0 Å². The van der Waals surface area contributed by atoms with Crippen molar-refractivity contribution in [2.24, 2.45) is 0 Å². The van der Waals surface area contributed by atoms with Gasteiger partial charge in [-0.05, 0) is 42.5 Å². The number of nitrogens with zero attached hydrogens (tertiary/aromatic N) is 1. The summed E-state index contributed by atoms with van der Waals surface area (Å²) in [6.07, 6.45) is 6.54. The van der Waals surface area contributed by atoms with Gasteiger partial charge in [0.25, 0.3) is 11.1 Å². The fourth-order valence-corrected chi connectivity index (χ4v) is 5.79. The molecule has 3 N–H and O–H groups in total. The summed E-state index contributed by atoms with van der Waals surface area (Å²) in [7, 11) is 0. The maximum atomic E-state index is 13.5. The molecule has 1 aliphatic rings. The van der Waals surface area contributed by atoms with E-state index in [0.29, 0.717) is 44.4 Å². The smallest absolute Gasteiger partial charge is 0.274 e. The molecule has 180 valence electrons. The molecule has 1 aliphatic carbocycles. The molecule has 2 aromatic carbocycles. The van der Waals surface area contributed by atoms with E-state index in [2.05, 4.69) is 15.1 Å². The molecule has 0 spiro atoms. The SMILES string of the molecule is O=c1ccc2c(c1)oc1c(-c3cc4ccccc4[nH]c3=O)c3c(=O)[nH]n(C4CCCCCC4)c3[nH]c12. The number of para-hydroxylation sites is 1. The van der Waals surface area contributed by atoms with Crippen LogP contribution >= 0.6 is 0 Å². The van der Waals surface area contributed by atoms with Crippen molar-refractivity contribution < 1.29 is 4.42 Å². The molecule has 0 aliphatic heterocycles. The van der Waals surface area contributed by atoms with Crippen LogP contribution in [0.1, 0.15) is 44.6 Å². The fraction of sp³-hybridized carbons (Fsp3) is 0.250. The van der Waals surface area contributed by atoms with Gasteiger partial charge in [0.2, 0.25) is 0 Å². The van der Waals surface area contributed by atoms with E-state index in [9.17, 15) is 14.4 Å². The first-order valence-electron chi connectivity index (χ1n) is 12.4. The standard InChI is InChI=1S/C28H24N4O4/c33-17-11-12-18-21(14-17)36-25-22(19-13-15-7-5-6-10-20(15)29-27(19)34)23-26(30-24(18)25)32(31-28(23)35)16-8-3-1-2-4-9-16/h5-7,10-14,16,30H,1-4,8-9H2,(H,29,34)(H,31,35). The second-order valence-corrected chi connectivity index (χ2v) is 9.74. The molecule has 8 heteroatoms. The average Bonchev–Trinajstić information content (AvgIpc) is 3.25. The van der Waals surface area contributed by atoms with Crippen LogP contribution in [0, 0.1) is 0 Å². The fourth-order valence-electron chi connectivity index (χ4n) is 5.79. The average molecular weight is 481 g/mol. The highest BCUT2D eigenvalue weighted by molar-refractivity contribution is 6.14. The number of furan rings is 1. The highest BCUT2D eigenvalue weighted by Gasteiger charge is 2.26.